The summed E-state index contributed by atoms with van der Waals surface area (Å²) < 4.78 is 78.2. The van der Waals surface area contributed by atoms with Crippen LogP contribution in [0, 0.1) is 32.6 Å². The minimum Gasteiger partial charge on any atom is -0.508 e. The third-order valence-corrected chi connectivity index (χ3v) is 25.4. The van der Waals surface area contributed by atoms with Gasteiger partial charge in [0.2, 0.25) is 0 Å². The van der Waals surface area contributed by atoms with E-state index in [-0.39, 0.29) is 41.1 Å². The molecule has 9 aromatic carbocycles. The molecule has 5 aliphatic rings. The van der Waals surface area contributed by atoms with Gasteiger partial charge in [-0.2, -0.15) is 0 Å². The summed E-state index contributed by atoms with van der Waals surface area (Å²) in [6.07, 6.45) is 15.1. The fourth-order valence-corrected chi connectivity index (χ4v) is 18.1. The number of piperidine rings is 3. The molecule has 0 atom stereocenters. The van der Waals surface area contributed by atoms with Gasteiger partial charge in [0.05, 0.1) is 25.5 Å². The number of carbonyl (C=O) groups excluding carboxylic acids is 2. The Morgan fingerprint density at radius 2 is 0.716 bits per heavy atom. The Morgan fingerprint density at radius 1 is 0.405 bits per heavy atom. The van der Waals surface area contributed by atoms with Crippen LogP contribution >= 0.6 is 34.0 Å². The van der Waals surface area contributed by atoms with Crippen molar-refractivity contribution in [1.82, 2.24) is 14.7 Å². The number of likely N-dealkylation sites (tertiary alicyclic amines) is 3. The van der Waals surface area contributed by atoms with E-state index in [2.05, 4.69) is 19.5 Å². The standard InChI is InChI=1S/C33H34FNO4S.C32H32N2O8S.C27H26FNO3S/c1-2-33(16-17-33)32(36)39-27-14-15-28-29(22-27)40-31(23-6-8-24(34)9-7-23)30(28)38-26-12-10-25(11-13-26)37-21-20-35-18-4-3-5-19-35;35-23-6-13-27-28(20-23)43-30(22-4-7-26(8-5-22)42-31(36)32(14-15-32)21-40-34(37)38)29(27)41-25-11-9-24(10-12-25)39-19-18-33-16-2-1-3-17-33;28-20-6-4-19(5-7-20)27-26(24-13-8-21(30)18-25(24)33-27)32-23-11-9-22(10-12-23)31-17-16-29-14-2-1-3-15-29/h6-15,22H,2-5,16-21H2,1H3;4-13,20,35H,1-3,14-19,21H2;4-13,18,30H,1-3,14-17H2. The van der Waals surface area contributed by atoms with Gasteiger partial charge in [-0.25, -0.2) is 8.78 Å². The first-order valence-corrected chi connectivity index (χ1v) is 42.3. The van der Waals surface area contributed by atoms with E-state index < -0.39 is 16.5 Å². The number of hydrogen-bond acceptors (Lipinski definition) is 21. The normalized spacial score (nSPS) is 15.8. The average Bonchev–Trinajstić information content (AvgIpc) is 1.64. The number of phenols is 2. The molecule has 2 N–H and O–H groups in total. The Balaban J connectivity index is 0.000000138. The van der Waals surface area contributed by atoms with Crippen LogP contribution < -0.4 is 37.9 Å². The zero-order valence-corrected chi connectivity index (χ0v) is 67.1. The number of esters is 2. The molecule has 0 amide bonds. The number of phenolic OH excluding ortho intramolecular Hbond substituents is 2. The molecule has 116 heavy (non-hydrogen) atoms. The van der Waals surface area contributed by atoms with Crippen molar-refractivity contribution in [2.75, 3.05) is 85.3 Å². The minimum absolute atomic E-state index is 0.153. The largest absolute Gasteiger partial charge is 0.508 e. The van der Waals surface area contributed by atoms with Crippen molar-refractivity contribution in [1.29, 1.82) is 0 Å². The minimum atomic E-state index is -0.964. The van der Waals surface area contributed by atoms with E-state index in [9.17, 15) is 38.7 Å². The first-order valence-electron chi connectivity index (χ1n) is 39.9. The lowest BCUT2D eigenvalue weighted by Gasteiger charge is -2.26. The van der Waals surface area contributed by atoms with Crippen molar-refractivity contribution in [2.24, 2.45) is 10.8 Å². The molecule has 0 spiro atoms. The van der Waals surface area contributed by atoms with Crippen LogP contribution in [0.1, 0.15) is 96.8 Å². The Bertz CT molecular complexity index is 5330. The number of carbonyl (C=O) groups is 2. The van der Waals surface area contributed by atoms with Gasteiger partial charge in [0.25, 0.3) is 5.09 Å². The van der Waals surface area contributed by atoms with Gasteiger partial charge in [-0.1, -0.05) is 50.5 Å². The molecule has 12 aromatic rings. The molecular formula is C92H92F2N4O15S3. The zero-order valence-electron chi connectivity index (χ0n) is 64.6. The molecule has 6 heterocycles. The van der Waals surface area contributed by atoms with Gasteiger partial charge in [0.1, 0.15) is 95.6 Å². The highest BCUT2D eigenvalue weighted by atomic mass is 32.1. The number of rotatable bonds is 29. The van der Waals surface area contributed by atoms with Gasteiger partial charge in [0, 0.05) is 49.9 Å². The van der Waals surface area contributed by atoms with E-state index in [1.54, 1.807) is 60.7 Å². The summed E-state index contributed by atoms with van der Waals surface area (Å²) in [6, 6.07) is 58.7. The summed E-state index contributed by atoms with van der Waals surface area (Å²) in [5, 5.41) is 32.3. The van der Waals surface area contributed by atoms with Crippen molar-refractivity contribution in [3.05, 3.63) is 222 Å². The summed E-state index contributed by atoms with van der Waals surface area (Å²) in [7, 11) is 0. The lowest BCUT2D eigenvalue weighted by molar-refractivity contribution is -0.759. The topological polar surface area (TPSA) is 211 Å². The van der Waals surface area contributed by atoms with Crippen LogP contribution in [0.4, 0.5) is 8.78 Å². The lowest BCUT2D eigenvalue weighted by atomic mass is 10.1. The molecule has 17 rings (SSSR count). The summed E-state index contributed by atoms with van der Waals surface area (Å²) in [4.78, 5) is 50.3. The average molecular weight is 1630 g/mol. The number of nitrogens with zero attached hydrogens (tertiary/aromatic N) is 4. The Morgan fingerprint density at radius 3 is 1.07 bits per heavy atom. The zero-order chi connectivity index (χ0) is 80.0. The Labute approximate surface area is 684 Å². The monoisotopic (exact) mass is 1630 g/mol. The second-order valence-electron chi connectivity index (χ2n) is 30.0. The third-order valence-electron chi connectivity index (χ3n) is 21.8. The van der Waals surface area contributed by atoms with Crippen LogP contribution in [0.25, 0.3) is 61.6 Å². The quantitative estimate of drug-likeness (QED) is 0.0193. The number of benzene rings is 9. The molecule has 0 bridgehead atoms. The highest BCUT2D eigenvalue weighted by molar-refractivity contribution is 7.23. The van der Waals surface area contributed by atoms with Gasteiger partial charge in [0.15, 0.2) is 17.2 Å². The van der Waals surface area contributed by atoms with Crippen molar-refractivity contribution >= 4 is 76.2 Å². The number of hydrogen-bond donors (Lipinski definition) is 2. The number of fused-ring (bicyclic) bond motifs is 3. The van der Waals surface area contributed by atoms with E-state index in [4.69, 9.17) is 37.9 Å². The maximum atomic E-state index is 13.7. The highest BCUT2D eigenvalue weighted by Gasteiger charge is 2.53. The number of aromatic hydroxyl groups is 2. The smallest absolute Gasteiger partial charge is 0.319 e. The molecule has 0 radical (unpaired) electrons. The van der Waals surface area contributed by atoms with E-state index in [0.29, 0.717) is 78.7 Å². The molecule has 0 unspecified atom stereocenters. The molecule has 5 fully saturated rings. The van der Waals surface area contributed by atoms with E-state index in [1.807, 2.05) is 122 Å². The van der Waals surface area contributed by atoms with E-state index in [0.717, 1.165) is 144 Å². The van der Waals surface area contributed by atoms with Crippen LogP contribution in [0.3, 0.4) is 0 Å². The van der Waals surface area contributed by atoms with Crippen LogP contribution in [-0.4, -0.2) is 127 Å². The summed E-state index contributed by atoms with van der Waals surface area (Å²) >= 11 is 4.52. The predicted octanol–water partition coefficient (Wildman–Crippen LogP) is 22.4. The van der Waals surface area contributed by atoms with E-state index >= 15 is 0 Å². The fraction of sp³-hybridized carbons (Fsp3) is 0.326. The molecule has 24 heteroatoms. The molecule has 19 nitrogen and oxygen atoms in total. The van der Waals surface area contributed by atoms with Crippen molar-refractivity contribution < 1.29 is 76.4 Å². The number of ether oxygens (including phenoxy) is 8. The van der Waals surface area contributed by atoms with Gasteiger partial charge < -0.3 is 52.9 Å². The molecule has 3 aromatic heterocycles. The van der Waals surface area contributed by atoms with E-state index in [1.165, 1.54) is 129 Å². The van der Waals surface area contributed by atoms with Gasteiger partial charge in [-0.15, -0.1) is 44.1 Å². The van der Waals surface area contributed by atoms with Crippen LogP contribution in [0.5, 0.6) is 74.7 Å². The summed E-state index contributed by atoms with van der Waals surface area (Å²) in [5.74, 6) is 6.43. The first-order chi connectivity index (χ1) is 56.6. The highest BCUT2D eigenvalue weighted by Crippen LogP contribution is 2.53. The van der Waals surface area contributed by atoms with Gasteiger partial charge in [-0.3, -0.25) is 24.3 Å². The van der Waals surface area contributed by atoms with Crippen LogP contribution in [0.15, 0.2) is 200 Å². The van der Waals surface area contributed by atoms with Crippen molar-refractivity contribution in [3.63, 3.8) is 0 Å². The molecule has 3 aliphatic heterocycles. The Hall–Kier alpha value is -10.9. The molecule has 3 saturated heterocycles. The Kier molecular flexibility index (Phi) is 25.9. The second-order valence-corrected chi connectivity index (χ2v) is 33.2. The molecular weight excluding hydrogens is 1540 g/mol. The SMILES string of the molecule is CCC1(C(=O)Oc2ccc3c(Oc4ccc(OCCN5CCCCC5)cc4)c(-c4ccc(F)cc4)sc3c2)CC1.O=C(Oc1ccc(-c2sc3cc(O)ccc3c2Oc2ccc(OCCN3CCCCC3)cc2)cc1)C1(CO[N+](=O)[O-])CC1.Oc1ccc2c(Oc3ccc(OCCN4CCCCC4)cc3)c(-c3ccc(F)cc3)sc2c1. The molecule has 2 aliphatic carbocycles. The maximum Gasteiger partial charge on any atom is 0.319 e. The number of thiophene rings is 3. The van der Waals surface area contributed by atoms with Crippen molar-refractivity contribution in [2.45, 2.75) is 96.8 Å². The van der Waals surface area contributed by atoms with Gasteiger partial charge in [-0.05, 0) is 303 Å². The van der Waals surface area contributed by atoms with Crippen LogP contribution in [-0.2, 0) is 14.4 Å². The molecule has 2 saturated carbocycles. The number of halogens is 2. The first kappa shape index (κ1) is 80.3. The summed E-state index contributed by atoms with van der Waals surface area (Å²) in [5.41, 5.74) is 1.28. The second kappa shape index (κ2) is 37.4. The third kappa shape index (κ3) is 20.5. The van der Waals surface area contributed by atoms with Crippen LogP contribution in [0.2, 0.25) is 0 Å². The summed E-state index contributed by atoms with van der Waals surface area (Å²) in [6.45, 7) is 13.4. The molecule has 602 valence electrons. The predicted molar refractivity (Wildman–Crippen MR) is 450 cm³/mol. The lowest BCUT2D eigenvalue weighted by Crippen LogP contribution is -2.33. The van der Waals surface area contributed by atoms with Crippen molar-refractivity contribution in [3.8, 4) is 106 Å². The fourth-order valence-electron chi connectivity index (χ4n) is 14.6. The maximum absolute atomic E-state index is 13.7. The van der Waals surface area contributed by atoms with Gasteiger partial charge >= 0.3 is 11.9 Å².